The van der Waals surface area contributed by atoms with Crippen LogP contribution < -0.4 is 11.1 Å². The van der Waals surface area contributed by atoms with Crippen molar-refractivity contribution in [1.29, 1.82) is 0 Å². The normalized spacial score (nSPS) is 45.7. The first-order chi connectivity index (χ1) is 11.8. The quantitative estimate of drug-likeness (QED) is 0.633. The lowest BCUT2D eigenvalue weighted by Crippen LogP contribution is -2.56. The number of nitrogen functional groups attached to an aromatic ring is 1. The molecule has 1 spiro atoms. The number of benzene rings is 1. The summed E-state index contributed by atoms with van der Waals surface area (Å²) in [5, 5.41) is 3.93. The highest BCUT2D eigenvalue weighted by molar-refractivity contribution is 5.70. The Hall–Kier alpha value is -1.54. The monoisotopic (exact) mass is 334 g/mol. The van der Waals surface area contributed by atoms with E-state index in [1.165, 1.54) is 29.5 Å². The molecule has 2 bridgehead atoms. The van der Waals surface area contributed by atoms with Crippen molar-refractivity contribution in [2.45, 2.75) is 57.4 Å². The van der Waals surface area contributed by atoms with E-state index in [9.17, 15) is 0 Å². The zero-order valence-corrected chi connectivity index (χ0v) is 15.8. The lowest BCUT2D eigenvalue weighted by Gasteiger charge is -2.59. The van der Waals surface area contributed by atoms with Gasteiger partial charge in [-0.15, -0.1) is 6.58 Å². The predicted molar refractivity (Wildman–Crippen MR) is 104 cm³/mol. The average Bonchev–Trinajstić information content (AvgIpc) is 3.12. The van der Waals surface area contributed by atoms with Gasteiger partial charge in [0.2, 0.25) is 0 Å². The van der Waals surface area contributed by atoms with Gasteiger partial charge in [0.1, 0.15) is 0 Å². The second-order valence-corrected chi connectivity index (χ2v) is 9.53. The zero-order valence-electron chi connectivity index (χ0n) is 15.8. The molecule has 2 fully saturated rings. The fraction of sp³-hybridized carbons (Fsp3) is 0.565. The topological polar surface area (TPSA) is 38.0 Å². The first kappa shape index (κ1) is 15.7. The lowest BCUT2D eigenvalue weighted by molar-refractivity contribution is 0.000331. The largest absolute Gasteiger partial charge is 0.398 e. The van der Waals surface area contributed by atoms with Gasteiger partial charge in [0.25, 0.3) is 0 Å². The molecule has 5 atom stereocenters. The number of nitrogens with one attached hydrogen (secondary N) is 1. The predicted octanol–water partition coefficient (Wildman–Crippen LogP) is 4.45. The summed E-state index contributed by atoms with van der Waals surface area (Å²) in [5.74, 6) is 0.592. The van der Waals surface area contributed by atoms with Gasteiger partial charge < -0.3 is 11.1 Å². The Kier molecular flexibility index (Phi) is 2.65. The van der Waals surface area contributed by atoms with Crippen LogP contribution in [0.1, 0.15) is 56.7 Å². The molecule has 5 unspecified atom stereocenters. The third-order valence-corrected chi connectivity index (χ3v) is 9.23. The van der Waals surface area contributed by atoms with E-state index in [1.807, 2.05) is 6.08 Å². The number of nitrogens with two attached hydrogens (primary N) is 1. The number of hydrogen-bond donors (Lipinski definition) is 2. The van der Waals surface area contributed by atoms with Gasteiger partial charge in [-0.3, -0.25) is 0 Å². The Bertz CT molecular complexity index is 839. The molecule has 0 aromatic heterocycles. The molecule has 1 aromatic carbocycles. The third kappa shape index (κ3) is 1.29. The van der Waals surface area contributed by atoms with Gasteiger partial charge in [-0.25, -0.2) is 0 Å². The van der Waals surface area contributed by atoms with Crippen molar-refractivity contribution in [3.63, 3.8) is 0 Å². The van der Waals surface area contributed by atoms with Gasteiger partial charge in [0.05, 0.1) is 0 Å². The Morgan fingerprint density at radius 2 is 2.12 bits per heavy atom. The van der Waals surface area contributed by atoms with Crippen LogP contribution in [-0.2, 0) is 17.4 Å². The molecule has 3 N–H and O–H groups in total. The molecule has 5 rings (SSSR count). The number of fused-ring (bicyclic) bond motifs is 2. The van der Waals surface area contributed by atoms with E-state index < -0.39 is 0 Å². The molecule has 0 aliphatic heterocycles. The minimum absolute atomic E-state index is 0.0486. The minimum Gasteiger partial charge on any atom is -0.398 e. The summed E-state index contributed by atoms with van der Waals surface area (Å²) in [6, 6.07) is 4.47. The summed E-state index contributed by atoms with van der Waals surface area (Å²) < 4.78 is 0. The highest BCUT2D eigenvalue weighted by Crippen LogP contribution is 2.83. The first-order valence-electron chi connectivity index (χ1n) is 9.75. The fourth-order valence-corrected chi connectivity index (χ4v) is 7.82. The third-order valence-electron chi connectivity index (χ3n) is 9.23. The fourth-order valence-electron chi connectivity index (χ4n) is 7.82. The maximum atomic E-state index is 6.50. The van der Waals surface area contributed by atoms with E-state index in [0.29, 0.717) is 11.3 Å². The maximum Gasteiger partial charge on any atom is 0.0480 e. The van der Waals surface area contributed by atoms with E-state index in [2.05, 4.69) is 51.4 Å². The molecule has 2 nitrogen and oxygen atoms in total. The Morgan fingerprint density at radius 3 is 2.84 bits per heavy atom. The van der Waals surface area contributed by atoms with Crippen molar-refractivity contribution in [3.8, 4) is 0 Å². The van der Waals surface area contributed by atoms with Crippen molar-refractivity contribution < 1.29 is 0 Å². The van der Waals surface area contributed by atoms with Crippen LogP contribution in [0.5, 0.6) is 0 Å². The summed E-state index contributed by atoms with van der Waals surface area (Å²) in [7, 11) is 0. The van der Waals surface area contributed by atoms with Crippen molar-refractivity contribution in [3.05, 3.63) is 53.6 Å². The molecular formula is C23H30N2. The van der Waals surface area contributed by atoms with E-state index in [0.717, 1.165) is 25.1 Å². The van der Waals surface area contributed by atoms with Crippen LogP contribution >= 0.6 is 0 Å². The number of allylic oxidation sites excluding steroid dienone is 1. The van der Waals surface area contributed by atoms with Crippen molar-refractivity contribution in [1.82, 2.24) is 5.32 Å². The summed E-state index contributed by atoms with van der Waals surface area (Å²) in [6.45, 7) is 16.9. The van der Waals surface area contributed by atoms with Crippen LogP contribution in [0.15, 0.2) is 36.9 Å². The van der Waals surface area contributed by atoms with Gasteiger partial charge in [-0.2, -0.15) is 0 Å². The number of anilines is 1. The van der Waals surface area contributed by atoms with Gasteiger partial charge in [-0.05, 0) is 59.8 Å². The molecule has 25 heavy (non-hydrogen) atoms. The zero-order chi connectivity index (χ0) is 17.8. The molecule has 0 heterocycles. The standard InChI is InChI=1S/C23H30N2/c1-6-11-25-22-13-23-19-16(18(24)8-7-17(19)22)12-21(23,5)14(2)9-10-20(23,4)15(22)3/h6-8,15,25H,1-2,9-13,24H2,3-5H3. The minimum atomic E-state index is 0.0486. The van der Waals surface area contributed by atoms with Crippen molar-refractivity contribution in [2.24, 2.45) is 16.7 Å². The van der Waals surface area contributed by atoms with Gasteiger partial charge in [0, 0.05) is 28.6 Å². The molecule has 0 amide bonds. The van der Waals surface area contributed by atoms with Crippen LogP contribution in [-0.4, -0.2) is 6.54 Å². The van der Waals surface area contributed by atoms with Crippen LogP contribution in [0, 0.1) is 16.7 Å². The van der Waals surface area contributed by atoms with Gasteiger partial charge in [0.15, 0.2) is 0 Å². The lowest BCUT2D eigenvalue weighted by atomic mass is 9.44. The SMILES string of the molecule is C=CCNC12CC34c5c1ccc(N)c5CC3(C)C(=C)CCC4(C)C2C. The van der Waals surface area contributed by atoms with Crippen LogP contribution in [0.25, 0.3) is 0 Å². The summed E-state index contributed by atoms with van der Waals surface area (Å²) in [5.41, 5.74) is 14.1. The second kappa shape index (κ2) is 4.23. The summed E-state index contributed by atoms with van der Waals surface area (Å²) in [4.78, 5) is 0. The molecule has 4 aliphatic carbocycles. The first-order valence-corrected chi connectivity index (χ1v) is 9.75. The van der Waals surface area contributed by atoms with E-state index in [1.54, 1.807) is 5.56 Å². The molecule has 4 aliphatic rings. The second-order valence-electron chi connectivity index (χ2n) is 9.53. The smallest absolute Gasteiger partial charge is 0.0480 e. The number of hydrogen-bond acceptors (Lipinski definition) is 2. The molecule has 1 aromatic rings. The molecule has 0 saturated heterocycles. The number of rotatable bonds is 3. The maximum absolute atomic E-state index is 6.50. The summed E-state index contributed by atoms with van der Waals surface area (Å²) in [6.07, 6.45) is 6.65. The molecule has 2 saturated carbocycles. The van der Waals surface area contributed by atoms with Crippen molar-refractivity contribution in [2.75, 3.05) is 12.3 Å². The molecular weight excluding hydrogens is 304 g/mol. The van der Waals surface area contributed by atoms with Gasteiger partial charge in [-0.1, -0.05) is 45.1 Å². The molecule has 2 heteroatoms. The highest BCUT2D eigenvalue weighted by Gasteiger charge is 2.80. The van der Waals surface area contributed by atoms with E-state index in [4.69, 9.17) is 5.73 Å². The van der Waals surface area contributed by atoms with Crippen molar-refractivity contribution >= 4 is 5.69 Å². The molecule has 0 radical (unpaired) electrons. The van der Waals surface area contributed by atoms with E-state index >= 15 is 0 Å². The Labute approximate surface area is 151 Å². The summed E-state index contributed by atoms with van der Waals surface area (Å²) >= 11 is 0. The van der Waals surface area contributed by atoms with Gasteiger partial charge >= 0.3 is 0 Å². The molecule has 132 valence electrons. The highest BCUT2D eigenvalue weighted by atomic mass is 15.1. The van der Waals surface area contributed by atoms with Crippen LogP contribution in [0.4, 0.5) is 5.69 Å². The van der Waals surface area contributed by atoms with Crippen LogP contribution in [0.2, 0.25) is 0 Å². The van der Waals surface area contributed by atoms with E-state index in [-0.39, 0.29) is 16.4 Å². The Morgan fingerprint density at radius 1 is 1.36 bits per heavy atom. The average molecular weight is 335 g/mol. The Balaban J connectivity index is 1.89. The van der Waals surface area contributed by atoms with Crippen LogP contribution in [0.3, 0.4) is 0 Å².